The summed E-state index contributed by atoms with van der Waals surface area (Å²) in [6.45, 7) is 6.38. The number of halogens is 2. The average molecular weight is 836 g/mol. The summed E-state index contributed by atoms with van der Waals surface area (Å²) in [5, 5.41) is 43.2. The minimum Gasteiger partial charge on any atom is -0.480 e. The Hall–Kier alpha value is -4.92. The highest BCUT2D eigenvalue weighted by Crippen LogP contribution is 2.37. The number of nitrogens with two attached hydrogens (primary N) is 2. The van der Waals surface area contributed by atoms with Crippen molar-refractivity contribution >= 4 is 41.4 Å². The highest BCUT2D eigenvalue weighted by atomic mass is 32.2. The van der Waals surface area contributed by atoms with E-state index < -0.39 is 71.6 Å². The third-order valence-electron chi connectivity index (χ3n) is 8.40. The molecule has 0 aliphatic rings. The number of carboxylic acid groups (broad SMARTS) is 2. The molecule has 1 heterocycles. The lowest BCUT2D eigenvalue weighted by Gasteiger charge is -2.33. The van der Waals surface area contributed by atoms with Gasteiger partial charge in [0.15, 0.2) is 0 Å². The van der Waals surface area contributed by atoms with Crippen molar-refractivity contribution in [3.63, 3.8) is 0 Å². The highest BCUT2D eigenvalue weighted by Gasteiger charge is 2.30. The second-order valence-electron chi connectivity index (χ2n) is 14.2. The zero-order chi connectivity index (χ0) is 43.4. The number of carboxylic acids is 2. The maximum absolute atomic E-state index is 14.8. The van der Waals surface area contributed by atoms with E-state index in [1.54, 1.807) is 0 Å². The van der Waals surface area contributed by atoms with Crippen LogP contribution in [0.5, 0.6) is 0 Å². The minimum atomic E-state index is -1.32. The summed E-state index contributed by atoms with van der Waals surface area (Å²) in [5.41, 5.74) is 13.8. The van der Waals surface area contributed by atoms with Crippen LogP contribution in [0.25, 0.3) is 11.1 Å². The van der Waals surface area contributed by atoms with Crippen molar-refractivity contribution in [3.05, 3.63) is 83.7 Å². The van der Waals surface area contributed by atoms with Gasteiger partial charge in [0, 0.05) is 54.8 Å². The van der Waals surface area contributed by atoms with Gasteiger partial charge in [0.25, 0.3) is 0 Å². The lowest BCUT2D eigenvalue weighted by Crippen LogP contribution is -2.46. The SMILES string of the molecule is CC(C)(C)[C@@H](NCC[C@H](N)C(=O)NCCNC(=O)CNC(=O)CC(SC[C@H](N)C(=O)O)C(=O)O)c1cc(-c2cc(F)ccc2F)cn1Cc1ccccc1.OCCO. The second kappa shape index (κ2) is 24.8. The molecular weight excluding hydrogens is 781 g/mol. The van der Waals surface area contributed by atoms with Crippen LogP contribution in [-0.2, 0) is 30.5 Å². The fraction of sp³-hybridized carbons (Fsp3) is 0.462. The van der Waals surface area contributed by atoms with E-state index in [0.717, 1.165) is 23.4 Å². The van der Waals surface area contributed by atoms with Crippen LogP contribution in [0.2, 0.25) is 0 Å². The number of nitrogens with zero attached hydrogens (tertiary/aromatic N) is 1. The van der Waals surface area contributed by atoms with Gasteiger partial charge in [-0.3, -0.25) is 24.0 Å². The summed E-state index contributed by atoms with van der Waals surface area (Å²) >= 11 is 0.714. The minimum absolute atomic E-state index is 0.0326. The molecule has 0 saturated heterocycles. The molecule has 0 bridgehead atoms. The summed E-state index contributed by atoms with van der Waals surface area (Å²) in [4.78, 5) is 59.3. The van der Waals surface area contributed by atoms with E-state index in [4.69, 9.17) is 26.8 Å². The molecule has 3 amide bonds. The van der Waals surface area contributed by atoms with Crippen molar-refractivity contribution in [3.8, 4) is 11.1 Å². The summed E-state index contributed by atoms with van der Waals surface area (Å²) in [7, 11) is 0. The molecule has 0 fully saturated rings. The van der Waals surface area contributed by atoms with Crippen LogP contribution in [0.4, 0.5) is 8.78 Å². The number of hydrogen-bond donors (Lipinski definition) is 10. The van der Waals surface area contributed by atoms with E-state index in [-0.39, 0.29) is 55.5 Å². The molecule has 4 atom stereocenters. The lowest BCUT2D eigenvalue weighted by atomic mass is 9.84. The first-order chi connectivity index (χ1) is 27.4. The van der Waals surface area contributed by atoms with E-state index in [2.05, 4.69) is 21.3 Å². The van der Waals surface area contributed by atoms with Crippen molar-refractivity contribution < 1.29 is 53.2 Å². The number of nitrogens with one attached hydrogen (secondary N) is 4. The van der Waals surface area contributed by atoms with Gasteiger partial charge in [0.05, 0.1) is 31.8 Å². The first-order valence-electron chi connectivity index (χ1n) is 18.4. The van der Waals surface area contributed by atoms with Crippen LogP contribution in [-0.4, -0.2) is 117 Å². The van der Waals surface area contributed by atoms with Crippen LogP contribution < -0.4 is 32.7 Å². The van der Waals surface area contributed by atoms with E-state index in [9.17, 15) is 37.9 Å². The Morgan fingerprint density at radius 1 is 0.828 bits per heavy atom. The molecule has 0 aliphatic carbocycles. The van der Waals surface area contributed by atoms with Crippen LogP contribution >= 0.6 is 11.8 Å². The van der Waals surface area contributed by atoms with Gasteiger partial charge in [-0.15, -0.1) is 11.8 Å². The van der Waals surface area contributed by atoms with Gasteiger partial charge in [-0.2, -0.15) is 0 Å². The standard InChI is InChI=1S/C37H49F2N7O7S.C2H6O2/c1-37(2,3)33(29-15-23(25-16-24(38)9-10-26(25)39)20-46(29)19-22-7-5-4-6-8-22)43-12-11-27(40)34(49)44-14-13-42-32(48)18-45-31(47)17-30(36(52)53)54-21-28(41)35(50)51;3-1-2-4/h4-10,15-16,20,27-28,30,33,43H,11-14,17-19,21,40-41H2,1-3H3,(H,42,48)(H,44,49)(H,45,47)(H,50,51)(H,52,53);3-4H,1-2H2/t27-,28-,30?,33-;/m0./s1. The molecule has 3 aromatic rings. The van der Waals surface area contributed by atoms with E-state index >= 15 is 0 Å². The zero-order valence-corrected chi connectivity index (χ0v) is 33.6. The molecule has 2 aromatic carbocycles. The van der Waals surface area contributed by atoms with Gasteiger partial charge >= 0.3 is 11.9 Å². The van der Waals surface area contributed by atoms with Gasteiger partial charge < -0.3 is 57.7 Å². The number of carbonyl (C=O) groups excluding carboxylic acids is 3. The first-order valence-corrected chi connectivity index (χ1v) is 19.5. The molecule has 0 spiro atoms. The molecule has 0 saturated carbocycles. The largest absolute Gasteiger partial charge is 0.480 e. The quantitative estimate of drug-likeness (QED) is 0.0638. The summed E-state index contributed by atoms with van der Waals surface area (Å²) < 4.78 is 31.0. The number of aromatic nitrogens is 1. The Labute approximate surface area is 340 Å². The normalized spacial score (nSPS) is 13.3. The molecular formula is C39H55F2N7O9S. The smallest absolute Gasteiger partial charge is 0.321 e. The zero-order valence-electron chi connectivity index (χ0n) is 32.8. The van der Waals surface area contributed by atoms with Crippen LogP contribution in [0.3, 0.4) is 0 Å². The number of aliphatic hydroxyl groups is 2. The summed E-state index contributed by atoms with van der Waals surface area (Å²) in [6, 6.07) is 12.5. The maximum Gasteiger partial charge on any atom is 0.321 e. The number of benzene rings is 2. The van der Waals surface area contributed by atoms with E-state index in [1.165, 1.54) is 6.07 Å². The number of carbonyl (C=O) groups is 5. The Kier molecular flexibility index (Phi) is 21.0. The molecule has 1 unspecified atom stereocenters. The Balaban J connectivity index is 0.00000276. The Morgan fingerprint density at radius 2 is 1.48 bits per heavy atom. The van der Waals surface area contributed by atoms with Gasteiger partial charge in [-0.25, -0.2) is 8.78 Å². The van der Waals surface area contributed by atoms with Crippen molar-refractivity contribution in [2.45, 2.75) is 63.5 Å². The van der Waals surface area contributed by atoms with Gasteiger partial charge in [0.2, 0.25) is 17.7 Å². The summed E-state index contributed by atoms with van der Waals surface area (Å²) in [6.07, 6.45) is 1.58. The highest BCUT2D eigenvalue weighted by molar-refractivity contribution is 8.00. The van der Waals surface area contributed by atoms with Gasteiger partial charge in [0.1, 0.15) is 22.9 Å². The number of thioether (sulfide) groups is 1. The Morgan fingerprint density at radius 3 is 2.09 bits per heavy atom. The predicted octanol–water partition coefficient (Wildman–Crippen LogP) is 1.18. The molecule has 1 aromatic heterocycles. The average Bonchev–Trinajstić information content (AvgIpc) is 3.58. The first kappa shape index (κ1) is 49.2. The van der Waals surface area contributed by atoms with Crippen molar-refractivity contribution in [2.24, 2.45) is 16.9 Å². The molecule has 0 aliphatic heterocycles. The van der Waals surface area contributed by atoms with Crippen LogP contribution in [0.15, 0.2) is 60.8 Å². The fourth-order valence-corrected chi connectivity index (χ4v) is 6.43. The van der Waals surface area contributed by atoms with Crippen molar-refractivity contribution in [2.75, 3.05) is 45.1 Å². The number of aliphatic carboxylic acids is 2. The fourth-order valence-electron chi connectivity index (χ4n) is 5.43. The van der Waals surface area contributed by atoms with Crippen molar-refractivity contribution in [1.29, 1.82) is 0 Å². The second-order valence-corrected chi connectivity index (χ2v) is 15.4. The van der Waals surface area contributed by atoms with E-state index in [1.807, 2.05) is 67.9 Å². The summed E-state index contributed by atoms with van der Waals surface area (Å²) in [5.74, 6) is -5.65. The van der Waals surface area contributed by atoms with Crippen LogP contribution in [0.1, 0.15) is 50.9 Å². The number of hydrogen-bond acceptors (Lipinski definition) is 11. The number of amides is 3. The van der Waals surface area contributed by atoms with Gasteiger partial charge in [-0.1, -0.05) is 51.1 Å². The molecule has 320 valence electrons. The molecule has 19 heteroatoms. The lowest BCUT2D eigenvalue weighted by molar-refractivity contribution is -0.139. The topological polar surface area (TPSA) is 271 Å². The van der Waals surface area contributed by atoms with Gasteiger partial charge in [-0.05, 0) is 48.2 Å². The third-order valence-corrected chi connectivity index (χ3v) is 9.72. The van der Waals surface area contributed by atoms with Crippen molar-refractivity contribution in [1.82, 2.24) is 25.8 Å². The molecule has 3 rings (SSSR count). The molecule has 12 N–H and O–H groups in total. The number of aliphatic hydroxyl groups excluding tert-OH is 2. The van der Waals surface area contributed by atoms with Crippen LogP contribution in [0, 0.1) is 17.0 Å². The molecule has 58 heavy (non-hydrogen) atoms. The Bertz CT molecular complexity index is 1790. The number of rotatable bonds is 22. The monoisotopic (exact) mass is 835 g/mol. The molecule has 16 nitrogen and oxygen atoms in total. The van der Waals surface area contributed by atoms with E-state index in [0.29, 0.717) is 30.4 Å². The maximum atomic E-state index is 14.8. The predicted molar refractivity (Wildman–Crippen MR) is 215 cm³/mol. The third kappa shape index (κ3) is 17.3. The molecule has 0 radical (unpaired) electrons.